The molecule has 0 heterocycles. The molecule has 6 heteroatoms. The molecule has 0 saturated carbocycles. The van der Waals surface area contributed by atoms with Gasteiger partial charge in [0.2, 0.25) is 0 Å². The van der Waals surface area contributed by atoms with Crippen molar-refractivity contribution < 1.29 is 19.1 Å². The normalized spacial score (nSPS) is 14.5. The minimum absolute atomic E-state index is 0.145. The first kappa shape index (κ1) is 33.5. The lowest BCUT2D eigenvalue weighted by molar-refractivity contribution is -0.154. The Morgan fingerprint density at radius 1 is 0.667 bits per heavy atom. The summed E-state index contributed by atoms with van der Waals surface area (Å²) in [4.78, 5) is 27.4. The zero-order valence-corrected chi connectivity index (χ0v) is 22.9. The third-order valence-corrected chi connectivity index (χ3v) is 6.62. The van der Waals surface area contributed by atoms with Crippen LogP contribution in [0.15, 0.2) is 25.3 Å². The van der Waals surface area contributed by atoms with Gasteiger partial charge in [0, 0.05) is 0 Å². The van der Waals surface area contributed by atoms with Gasteiger partial charge in [0.15, 0.2) is 0 Å². The van der Waals surface area contributed by atoms with Crippen LogP contribution in [0.5, 0.6) is 0 Å². The van der Waals surface area contributed by atoms with E-state index in [4.69, 9.17) is 9.47 Å². The molecular formula is C27H52N2O4. The maximum absolute atomic E-state index is 11.8. The van der Waals surface area contributed by atoms with Crippen LogP contribution in [-0.2, 0) is 19.1 Å². The van der Waals surface area contributed by atoms with Gasteiger partial charge in [-0.05, 0) is 80.6 Å². The highest BCUT2D eigenvalue weighted by molar-refractivity contribution is 5.80. The smallest absolute Gasteiger partial charge is 0.325 e. The van der Waals surface area contributed by atoms with Gasteiger partial charge in [-0.2, -0.15) is 0 Å². The van der Waals surface area contributed by atoms with E-state index < -0.39 is 11.1 Å². The van der Waals surface area contributed by atoms with E-state index in [1.807, 2.05) is 64.0 Å². The second kappa shape index (κ2) is 18.7. The Balaban J connectivity index is 0. The lowest BCUT2D eigenvalue weighted by Crippen LogP contribution is -2.49. The van der Waals surface area contributed by atoms with Crippen molar-refractivity contribution in [3.63, 3.8) is 0 Å². The zero-order valence-electron chi connectivity index (χ0n) is 22.9. The topological polar surface area (TPSA) is 59.1 Å². The molecule has 6 nitrogen and oxygen atoms in total. The highest BCUT2D eigenvalue weighted by Crippen LogP contribution is 2.23. The van der Waals surface area contributed by atoms with E-state index in [9.17, 15) is 9.59 Å². The minimum atomic E-state index is -0.497. The van der Waals surface area contributed by atoms with Gasteiger partial charge in [-0.1, -0.05) is 44.3 Å². The number of allylic oxidation sites excluding steroid dienone is 2. The number of carbonyl (C=O) groups is 2. The summed E-state index contributed by atoms with van der Waals surface area (Å²) in [6.45, 7) is 11.3. The molecule has 0 N–H and O–H groups in total. The summed E-state index contributed by atoms with van der Waals surface area (Å²) in [6.07, 6.45) is 15.7. The maximum Gasteiger partial charge on any atom is 0.325 e. The quantitative estimate of drug-likeness (QED) is 0.157. The molecular weight excluding hydrogens is 416 g/mol. The molecule has 0 aromatic carbocycles. The van der Waals surface area contributed by atoms with Gasteiger partial charge in [-0.15, -0.1) is 13.2 Å². The van der Waals surface area contributed by atoms with Crippen LogP contribution in [0.3, 0.4) is 0 Å². The monoisotopic (exact) mass is 468 g/mol. The van der Waals surface area contributed by atoms with Crippen molar-refractivity contribution in [3.05, 3.63) is 25.3 Å². The molecule has 0 aliphatic heterocycles. The highest BCUT2D eigenvalue weighted by Gasteiger charge is 2.36. The number of unbranched alkanes of at least 4 members (excludes halogenated alkanes) is 7. The Morgan fingerprint density at radius 2 is 0.970 bits per heavy atom. The van der Waals surface area contributed by atoms with Crippen molar-refractivity contribution in [3.8, 4) is 0 Å². The minimum Gasteiger partial charge on any atom is -0.468 e. The first-order valence-corrected chi connectivity index (χ1v) is 12.2. The highest BCUT2D eigenvalue weighted by atomic mass is 16.5. The maximum atomic E-state index is 11.8. The molecule has 0 aromatic heterocycles. The van der Waals surface area contributed by atoms with Crippen molar-refractivity contribution in [1.82, 2.24) is 9.80 Å². The van der Waals surface area contributed by atoms with Gasteiger partial charge in [0.05, 0.1) is 14.2 Å². The Morgan fingerprint density at radius 3 is 1.24 bits per heavy atom. The summed E-state index contributed by atoms with van der Waals surface area (Å²) in [7, 11) is 10.6. The van der Waals surface area contributed by atoms with Crippen LogP contribution in [0.2, 0.25) is 0 Å². The molecule has 33 heavy (non-hydrogen) atoms. The summed E-state index contributed by atoms with van der Waals surface area (Å²) >= 11 is 0. The Labute approximate surface area is 204 Å². The van der Waals surface area contributed by atoms with Gasteiger partial charge >= 0.3 is 11.9 Å². The Hall–Kier alpha value is -1.66. The third-order valence-electron chi connectivity index (χ3n) is 6.62. The summed E-state index contributed by atoms with van der Waals surface area (Å²) in [6, 6.07) is 0. The molecule has 0 fully saturated rings. The van der Waals surface area contributed by atoms with Crippen LogP contribution >= 0.6 is 0 Å². The molecule has 0 unspecified atom stereocenters. The van der Waals surface area contributed by atoms with Crippen molar-refractivity contribution in [2.24, 2.45) is 0 Å². The zero-order chi connectivity index (χ0) is 25.9. The Kier molecular flexibility index (Phi) is 19.0. The summed E-state index contributed by atoms with van der Waals surface area (Å²) in [5.41, 5.74) is -0.990. The van der Waals surface area contributed by atoms with Crippen molar-refractivity contribution in [2.45, 2.75) is 95.6 Å². The van der Waals surface area contributed by atoms with Crippen LogP contribution in [0, 0.1) is 0 Å². The fourth-order valence-electron chi connectivity index (χ4n) is 3.50. The molecule has 0 aromatic rings. The SMILES string of the molecule is C=CCCCCCC[C@](C)(C(=O)OC)N(C)C.C=CCCCCC[C@](C)(C(=O)OC)N(C)C. The van der Waals surface area contributed by atoms with E-state index in [2.05, 4.69) is 13.2 Å². The van der Waals surface area contributed by atoms with Gasteiger partial charge in [0.1, 0.15) is 11.1 Å². The van der Waals surface area contributed by atoms with Crippen LogP contribution in [-0.4, -0.2) is 75.2 Å². The van der Waals surface area contributed by atoms with Crippen molar-refractivity contribution >= 4 is 11.9 Å². The van der Waals surface area contributed by atoms with Crippen LogP contribution in [0.25, 0.3) is 0 Å². The lowest BCUT2D eigenvalue weighted by atomic mass is 9.92. The van der Waals surface area contributed by atoms with E-state index in [0.717, 1.165) is 57.8 Å². The first-order valence-electron chi connectivity index (χ1n) is 12.2. The predicted molar refractivity (Wildman–Crippen MR) is 139 cm³/mol. The fourth-order valence-corrected chi connectivity index (χ4v) is 3.50. The van der Waals surface area contributed by atoms with Crippen LogP contribution in [0.4, 0.5) is 0 Å². The van der Waals surface area contributed by atoms with E-state index >= 15 is 0 Å². The van der Waals surface area contributed by atoms with E-state index in [-0.39, 0.29) is 11.9 Å². The molecule has 194 valence electrons. The number of carbonyl (C=O) groups excluding carboxylic acids is 2. The van der Waals surface area contributed by atoms with Gasteiger partial charge in [0.25, 0.3) is 0 Å². The molecule has 0 spiro atoms. The molecule has 0 aliphatic carbocycles. The van der Waals surface area contributed by atoms with Crippen LogP contribution < -0.4 is 0 Å². The lowest BCUT2D eigenvalue weighted by Gasteiger charge is -2.33. The number of likely N-dealkylation sites (N-methyl/N-ethyl adjacent to an activating group) is 2. The van der Waals surface area contributed by atoms with E-state index in [1.54, 1.807) is 0 Å². The standard InChI is InChI=1S/C14H27NO2.C13H25NO2/c1-6-7-8-9-10-11-12-14(2,15(3)4)13(16)17-5;1-6-7-8-9-10-11-13(2,14(3)4)12(15)16-5/h6H,1,7-12H2,2-5H3;6H,1,7-11H2,2-5H3/t14-;13-/m11/s1. The average molecular weight is 469 g/mol. The molecule has 0 radical (unpaired) electrons. The number of nitrogens with zero attached hydrogens (tertiary/aromatic N) is 2. The first-order chi connectivity index (χ1) is 15.5. The molecule has 2 atom stereocenters. The number of methoxy groups -OCH3 is 2. The number of esters is 2. The second-order valence-electron chi connectivity index (χ2n) is 9.45. The number of hydrogen-bond acceptors (Lipinski definition) is 6. The van der Waals surface area contributed by atoms with Crippen LogP contribution in [0.1, 0.15) is 84.5 Å². The van der Waals surface area contributed by atoms with Gasteiger partial charge in [-0.25, -0.2) is 0 Å². The van der Waals surface area contributed by atoms with Gasteiger partial charge in [-0.3, -0.25) is 19.4 Å². The predicted octanol–water partition coefficient (Wildman–Crippen LogP) is 5.62. The molecule has 0 amide bonds. The molecule has 0 bridgehead atoms. The summed E-state index contributed by atoms with van der Waals surface area (Å²) in [5.74, 6) is -0.296. The number of rotatable bonds is 17. The van der Waals surface area contributed by atoms with Crippen molar-refractivity contribution in [1.29, 1.82) is 0 Å². The largest absolute Gasteiger partial charge is 0.468 e. The fraction of sp³-hybridized carbons (Fsp3) is 0.778. The number of ether oxygens (including phenoxy) is 2. The summed E-state index contributed by atoms with van der Waals surface area (Å²) in [5, 5.41) is 0. The summed E-state index contributed by atoms with van der Waals surface area (Å²) < 4.78 is 9.74. The second-order valence-corrected chi connectivity index (χ2v) is 9.45. The van der Waals surface area contributed by atoms with E-state index in [1.165, 1.54) is 27.1 Å². The molecule has 0 rings (SSSR count). The third kappa shape index (κ3) is 13.0. The van der Waals surface area contributed by atoms with Crippen molar-refractivity contribution in [2.75, 3.05) is 42.4 Å². The van der Waals surface area contributed by atoms with E-state index in [0.29, 0.717) is 0 Å². The number of hydrogen-bond donors (Lipinski definition) is 0. The molecule has 0 saturated heterocycles. The molecule has 0 aliphatic rings. The average Bonchev–Trinajstić information content (AvgIpc) is 2.79. The Bertz CT molecular complexity index is 562. The van der Waals surface area contributed by atoms with Gasteiger partial charge < -0.3 is 9.47 Å².